The van der Waals surface area contributed by atoms with E-state index in [1.54, 1.807) is 12.1 Å². The fourth-order valence-corrected chi connectivity index (χ4v) is 4.58. The lowest BCUT2D eigenvalue weighted by Crippen LogP contribution is -2.31. The fourth-order valence-electron chi connectivity index (χ4n) is 3.51. The minimum atomic E-state index is -0.304. The van der Waals surface area contributed by atoms with E-state index in [4.69, 9.17) is 4.74 Å². The monoisotopic (exact) mass is 443 g/mol. The first-order valence-electron chi connectivity index (χ1n) is 10.7. The van der Waals surface area contributed by atoms with Crippen molar-refractivity contribution in [3.8, 4) is 5.75 Å². The van der Waals surface area contributed by atoms with Crippen LogP contribution in [0.25, 0.3) is 5.57 Å². The van der Waals surface area contributed by atoms with Crippen molar-refractivity contribution in [2.24, 2.45) is 0 Å². The van der Waals surface area contributed by atoms with E-state index in [0.29, 0.717) is 34.3 Å². The van der Waals surface area contributed by atoms with Crippen molar-refractivity contribution < 1.29 is 14.3 Å². The summed E-state index contributed by atoms with van der Waals surface area (Å²) in [6, 6.07) is 24.8. The van der Waals surface area contributed by atoms with Gasteiger partial charge in [0.15, 0.2) is 0 Å². The molecule has 0 fully saturated rings. The average molecular weight is 444 g/mol. The van der Waals surface area contributed by atoms with Crippen molar-refractivity contribution in [1.82, 2.24) is 0 Å². The number of ether oxygens (including phenoxy) is 1. The zero-order chi connectivity index (χ0) is 22.5. The molecule has 1 heterocycles. The van der Waals surface area contributed by atoms with Crippen LogP contribution in [-0.4, -0.2) is 18.4 Å². The minimum Gasteiger partial charge on any atom is -0.494 e. The smallest absolute Gasteiger partial charge is 0.272 e. The number of carbonyl (C=O) groups is 2. The molecule has 0 aliphatic carbocycles. The van der Waals surface area contributed by atoms with Crippen LogP contribution >= 0.6 is 11.8 Å². The molecular weight excluding hydrogens is 418 g/mol. The lowest BCUT2D eigenvalue weighted by atomic mass is 10.0. The standard InChI is InChI=1S/C27H25NO3S/c1-3-16-31-23-11-7-10-22(17-23)28-26(29)24(21-14-12-19(2)13-15-21)25(27(28)30)32-18-20-8-5-4-6-9-20/h4-15,17H,3,16,18H2,1-2H3. The van der Waals surface area contributed by atoms with Crippen LogP contribution in [0, 0.1) is 6.92 Å². The van der Waals surface area contributed by atoms with Crippen molar-refractivity contribution >= 4 is 34.8 Å². The molecule has 1 aliphatic heterocycles. The molecule has 0 spiro atoms. The van der Waals surface area contributed by atoms with Gasteiger partial charge in [0.2, 0.25) is 0 Å². The molecule has 2 amide bonds. The maximum Gasteiger partial charge on any atom is 0.272 e. The van der Waals surface area contributed by atoms with E-state index in [-0.39, 0.29) is 11.8 Å². The predicted octanol–water partition coefficient (Wildman–Crippen LogP) is 6.00. The Bertz CT molecular complexity index is 1150. The summed E-state index contributed by atoms with van der Waals surface area (Å²) in [5.41, 5.74) is 3.93. The molecule has 32 heavy (non-hydrogen) atoms. The van der Waals surface area contributed by atoms with E-state index in [2.05, 4.69) is 0 Å². The largest absolute Gasteiger partial charge is 0.494 e. The van der Waals surface area contributed by atoms with E-state index in [0.717, 1.165) is 23.1 Å². The normalized spacial score (nSPS) is 13.8. The molecule has 0 saturated carbocycles. The summed E-state index contributed by atoms with van der Waals surface area (Å²) in [6.45, 7) is 4.61. The van der Waals surface area contributed by atoms with Gasteiger partial charge in [0.05, 0.1) is 22.8 Å². The number of benzene rings is 3. The highest BCUT2D eigenvalue weighted by Crippen LogP contribution is 2.40. The summed E-state index contributed by atoms with van der Waals surface area (Å²) < 4.78 is 5.71. The van der Waals surface area contributed by atoms with Crippen LogP contribution in [0.3, 0.4) is 0 Å². The van der Waals surface area contributed by atoms with Crippen LogP contribution in [0.15, 0.2) is 83.8 Å². The molecule has 162 valence electrons. The molecule has 0 saturated heterocycles. The molecular formula is C27H25NO3S. The molecule has 4 rings (SSSR count). The number of carbonyl (C=O) groups excluding carboxylic acids is 2. The summed E-state index contributed by atoms with van der Waals surface area (Å²) in [5.74, 6) is 0.659. The van der Waals surface area contributed by atoms with Gasteiger partial charge < -0.3 is 4.74 Å². The predicted molar refractivity (Wildman–Crippen MR) is 131 cm³/mol. The Labute approximate surface area is 192 Å². The quantitative estimate of drug-likeness (QED) is 0.401. The zero-order valence-electron chi connectivity index (χ0n) is 18.2. The van der Waals surface area contributed by atoms with Gasteiger partial charge in [-0.15, -0.1) is 11.8 Å². The van der Waals surface area contributed by atoms with Crippen molar-refractivity contribution in [2.45, 2.75) is 26.0 Å². The molecule has 0 N–H and O–H groups in total. The van der Waals surface area contributed by atoms with E-state index in [1.165, 1.54) is 16.7 Å². The number of anilines is 1. The second-order valence-electron chi connectivity index (χ2n) is 7.64. The molecule has 1 aliphatic rings. The molecule has 5 heteroatoms. The van der Waals surface area contributed by atoms with E-state index < -0.39 is 0 Å². The highest BCUT2D eigenvalue weighted by atomic mass is 32.2. The van der Waals surface area contributed by atoms with Crippen LogP contribution in [0.5, 0.6) is 5.75 Å². The Kier molecular flexibility index (Phi) is 6.76. The zero-order valence-corrected chi connectivity index (χ0v) is 19.0. The first-order chi connectivity index (χ1) is 15.6. The minimum absolute atomic E-state index is 0.292. The number of hydrogen-bond donors (Lipinski definition) is 0. The van der Waals surface area contributed by atoms with Gasteiger partial charge in [-0.05, 0) is 36.6 Å². The highest BCUT2D eigenvalue weighted by molar-refractivity contribution is 8.03. The third-order valence-electron chi connectivity index (χ3n) is 5.16. The maximum atomic E-state index is 13.5. The molecule has 0 aromatic heterocycles. The Balaban J connectivity index is 1.70. The van der Waals surface area contributed by atoms with Crippen molar-refractivity contribution in [2.75, 3.05) is 11.5 Å². The Morgan fingerprint density at radius 1 is 0.875 bits per heavy atom. The molecule has 0 unspecified atom stereocenters. The second-order valence-corrected chi connectivity index (χ2v) is 8.62. The molecule has 4 nitrogen and oxygen atoms in total. The molecule has 3 aromatic rings. The molecule has 0 atom stereocenters. The van der Waals surface area contributed by atoms with Gasteiger partial charge in [-0.3, -0.25) is 9.59 Å². The van der Waals surface area contributed by atoms with Crippen LogP contribution in [0.1, 0.15) is 30.0 Å². The number of hydrogen-bond acceptors (Lipinski definition) is 4. The van der Waals surface area contributed by atoms with Crippen LogP contribution < -0.4 is 9.64 Å². The molecule has 0 radical (unpaired) electrons. The highest BCUT2D eigenvalue weighted by Gasteiger charge is 2.40. The number of thioether (sulfide) groups is 1. The molecule has 3 aromatic carbocycles. The maximum absolute atomic E-state index is 13.5. The summed E-state index contributed by atoms with van der Waals surface area (Å²) in [4.78, 5) is 28.8. The summed E-state index contributed by atoms with van der Waals surface area (Å²) in [6.07, 6.45) is 0.880. The molecule has 0 bridgehead atoms. The number of rotatable bonds is 8. The van der Waals surface area contributed by atoms with Gasteiger partial charge >= 0.3 is 0 Å². The Hall–Kier alpha value is -3.31. The van der Waals surface area contributed by atoms with Crippen LogP contribution in [0.4, 0.5) is 5.69 Å². The van der Waals surface area contributed by atoms with E-state index >= 15 is 0 Å². The number of aryl methyl sites for hydroxylation is 1. The van der Waals surface area contributed by atoms with Crippen molar-refractivity contribution in [3.05, 3.63) is 100 Å². The fraction of sp³-hybridized carbons (Fsp3) is 0.185. The Morgan fingerprint density at radius 2 is 1.62 bits per heavy atom. The third-order valence-corrected chi connectivity index (χ3v) is 6.30. The summed E-state index contributed by atoms with van der Waals surface area (Å²) in [7, 11) is 0. The van der Waals surface area contributed by atoms with Gasteiger partial charge in [-0.1, -0.05) is 73.2 Å². The van der Waals surface area contributed by atoms with Crippen molar-refractivity contribution in [1.29, 1.82) is 0 Å². The number of nitrogens with zero attached hydrogens (tertiary/aromatic N) is 1. The van der Waals surface area contributed by atoms with E-state index in [9.17, 15) is 9.59 Å². The first kappa shape index (κ1) is 21.9. The SMILES string of the molecule is CCCOc1cccc(N2C(=O)C(SCc3ccccc3)=C(c3ccc(C)cc3)C2=O)c1. The van der Waals surface area contributed by atoms with Gasteiger partial charge in [0.25, 0.3) is 11.8 Å². The van der Waals surface area contributed by atoms with Crippen LogP contribution in [0.2, 0.25) is 0 Å². The Morgan fingerprint density at radius 3 is 2.34 bits per heavy atom. The number of amides is 2. The average Bonchev–Trinajstić information content (AvgIpc) is 3.07. The first-order valence-corrected chi connectivity index (χ1v) is 11.7. The topological polar surface area (TPSA) is 46.6 Å². The summed E-state index contributed by atoms with van der Waals surface area (Å²) in [5, 5.41) is 0. The lowest BCUT2D eigenvalue weighted by Gasteiger charge is -2.16. The van der Waals surface area contributed by atoms with Gasteiger partial charge in [-0.2, -0.15) is 0 Å². The third kappa shape index (κ3) is 4.63. The number of imide groups is 1. The van der Waals surface area contributed by atoms with E-state index in [1.807, 2.05) is 80.6 Å². The van der Waals surface area contributed by atoms with Gasteiger partial charge in [-0.25, -0.2) is 4.90 Å². The van der Waals surface area contributed by atoms with Gasteiger partial charge in [0, 0.05) is 11.8 Å². The van der Waals surface area contributed by atoms with Gasteiger partial charge in [0.1, 0.15) is 5.75 Å². The second kappa shape index (κ2) is 9.88. The summed E-state index contributed by atoms with van der Waals surface area (Å²) >= 11 is 1.41. The lowest BCUT2D eigenvalue weighted by molar-refractivity contribution is -0.119. The van der Waals surface area contributed by atoms with Crippen molar-refractivity contribution in [3.63, 3.8) is 0 Å². The van der Waals surface area contributed by atoms with Crippen LogP contribution in [-0.2, 0) is 15.3 Å².